The van der Waals surface area contributed by atoms with E-state index in [0.717, 1.165) is 16.6 Å². The summed E-state index contributed by atoms with van der Waals surface area (Å²) in [6.45, 7) is 2.63. The predicted octanol–water partition coefficient (Wildman–Crippen LogP) is 4.07. The fourth-order valence-corrected chi connectivity index (χ4v) is 2.03. The monoisotopic (exact) mass is 348 g/mol. The number of nitrogens with one attached hydrogen (secondary N) is 1. The van der Waals surface area contributed by atoms with Crippen molar-refractivity contribution < 1.29 is 9.53 Å². The molecule has 0 unspecified atom stereocenters. The molecule has 0 aliphatic carbocycles. The molecule has 4 nitrogen and oxygen atoms in total. The van der Waals surface area contributed by atoms with Crippen LogP contribution >= 0.6 is 15.9 Å². The van der Waals surface area contributed by atoms with Gasteiger partial charge in [0.1, 0.15) is 5.75 Å². The highest BCUT2D eigenvalue weighted by atomic mass is 79.9. The van der Waals surface area contributed by atoms with Crippen LogP contribution in [0.15, 0.2) is 46.9 Å². The number of benzene rings is 2. The number of halogens is 1. The van der Waals surface area contributed by atoms with Crippen molar-refractivity contribution in [3.05, 3.63) is 52.5 Å². The van der Waals surface area contributed by atoms with Crippen molar-refractivity contribution in [3.63, 3.8) is 0 Å². The Balaban J connectivity index is 2.08. The first kappa shape index (κ1) is 15.4. The van der Waals surface area contributed by atoms with E-state index < -0.39 is 0 Å². The Morgan fingerprint density at radius 1 is 1.24 bits per heavy atom. The van der Waals surface area contributed by atoms with Gasteiger partial charge in [0, 0.05) is 15.7 Å². The molecule has 110 valence electrons. The van der Waals surface area contributed by atoms with Crippen LogP contribution in [0.25, 0.3) is 0 Å². The maximum absolute atomic E-state index is 12.2. The molecule has 0 atom stereocenters. The van der Waals surface area contributed by atoms with Crippen LogP contribution in [0.4, 0.5) is 11.4 Å². The third-order valence-electron chi connectivity index (χ3n) is 2.84. The lowest BCUT2D eigenvalue weighted by Gasteiger charge is -2.10. The number of hydrogen-bond donors (Lipinski definition) is 2. The minimum atomic E-state index is -0.203. The molecular weight excluding hydrogens is 332 g/mol. The van der Waals surface area contributed by atoms with Gasteiger partial charge < -0.3 is 15.8 Å². The summed E-state index contributed by atoms with van der Waals surface area (Å²) < 4.78 is 6.45. The maximum atomic E-state index is 12.2. The van der Waals surface area contributed by atoms with Crippen molar-refractivity contribution in [1.82, 2.24) is 0 Å². The number of carbonyl (C=O) groups excluding carboxylic acids is 1. The van der Waals surface area contributed by atoms with E-state index in [1.165, 1.54) is 0 Å². The normalized spacial score (nSPS) is 10.2. The van der Waals surface area contributed by atoms with E-state index in [1.54, 1.807) is 18.2 Å². The molecule has 0 saturated heterocycles. The van der Waals surface area contributed by atoms with Crippen molar-refractivity contribution in [2.24, 2.45) is 0 Å². The third kappa shape index (κ3) is 4.23. The summed E-state index contributed by atoms with van der Waals surface area (Å²) in [5.41, 5.74) is 7.60. The highest BCUT2D eigenvalue weighted by molar-refractivity contribution is 9.10. The summed E-state index contributed by atoms with van der Waals surface area (Å²) in [5.74, 6) is 0.406. The lowest BCUT2D eigenvalue weighted by Crippen LogP contribution is -2.12. The topological polar surface area (TPSA) is 64.3 Å². The zero-order chi connectivity index (χ0) is 15.2. The first-order chi connectivity index (χ1) is 10.1. The summed E-state index contributed by atoms with van der Waals surface area (Å²) in [6.07, 6.45) is 0.908. The summed E-state index contributed by atoms with van der Waals surface area (Å²) in [5, 5.41) is 2.82. The van der Waals surface area contributed by atoms with Crippen molar-refractivity contribution in [2.75, 3.05) is 17.7 Å². The van der Waals surface area contributed by atoms with E-state index in [2.05, 4.69) is 21.2 Å². The largest absolute Gasteiger partial charge is 0.491 e. The molecule has 0 spiro atoms. The smallest absolute Gasteiger partial charge is 0.255 e. The average molecular weight is 349 g/mol. The average Bonchev–Trinajstić information content (AvgIpc) is 2.48. The summed E-state index contributed by atoms with van der Waals surface area (Å²) in [6, 6.07) is 12.4. The molecular formula is C16H17BrN2O2. The van der Waals surface area contributed by atoms with Gasteiger partial charge in [0.2, 0.25) is 0 Å². The maximum Gasteiger partial charge on any atom is 0.255 e. The van der Waals surface area contributed by atoms with Gasteiger partial charge in [0.25, 0.3) is 5.91 Å². The number of ether oxygens (including phenoxy) is 1. The molecule has 0 radical (unpaired) electrons. The lowest BCUT2D eigenvalue weighted by molar-refractivity contribution is 0.102. The second-order valence-corrected chi connectivity index (χ2v) is 5.48. The fourth-order valence-electron chi connectivity index (χ4n) is 1.77. The molecule has 0 fully saturated rings. The molecule has 5 heteroatoms. The Hall–Kier alpha value is -2.01. The van der Waals surface area contributed by atoms with Crippen LogP contribution in [0.5, 0.6) is 5.75 Å². The number of hydrogen-bond acceptors (Lipinski definition) is 3. The number of carbonyl (C=O) groups is 1. The Bertz CT molecular complexity index is 627. The zero-order valence-corrected chi connectivity index (χ0v) is 13.3. The van der Waals surface area contributed by atoms with Gasteiger partial charge in [-0.15, -0.1) is 0 Å². The first-order valence-electron chi connectivity index (χ1n) is 6.69. The van der Waals surface area contributed by atoms with Gasteiger partial charge in [0.05, 0.1) is 12.3 Å². The molecule has 0 saturated carbocycles. The van der Waals surface area contributed by atoms with Crippen LogP contribution < -0.4 is 15.8 Å². The Kier molecular flexibility index (Phi) is 5.22. The highest BCUT2D eigenvalue weighted by Gasteiger charge is 2.09. The van der Waals surface area contributed by atoms with E-state index in [9.17, 15) is 4.79 Å². The second-order valence-electron chi connectivity index (χ2n) is 4.56. The Labute approximate surface area is 132 Å². The van der Waals surface area contributed by atoms with Gasteiger partial charge in [0.15, 0.2) is 0 Å². The Morgan fingerprint density at radius 2 is 1.95 bits per heavy atom. The molecule has 0 aromatic heterocycles. The van der Waals surface area contributed by atoms with Crippen molar-refractivity contribution in [1.29, 1.82) is 0 Å². The molecule has 0 heterocycles. The van der Waals surface area contributed by atoms with Crippen LogP contribution in [-0.2, 0) is 0 Å². The fraction of sp³-hybridized carbons (Fsp3) is 0.188. The molecule has 2 aromatic rings. The molecule has 0 aliphatic rings. The van der Waals surface area contributed by atoms with Gasteiger partial charge in [-0.3, -0.25) is 4.79 Å². The van der Waals surface area contributed by atoms with Crippen LogP contribution in [-0.4, -0.2) is 12.5 Å². The van der Waals surface area contributed by atoms with E-state index in [-0.39, 0.29) is 5.91 Å². The number of nitrogen functional groups attached to an aromatic ring is 1. The molecule has 2 aromatic carbocycles. The van der Waals surface area contributed by atoms with Gasteiger partial charge in [-0.2, -0.15) is 0 Å². The van der Waals surface area contributed by atoms with E-state index >= 15 is 0 Å². The molecule has 21 heavy (non-hydrogen) atoms. The van der Waals surface area contributed by atoms with Crippen LogP contribution in [0.3, 0.4) is 0 Å². The predicted molar refractivity (Wildman–Crippen MR) is 88.7 cm³/mol. The van der Waals surface area contributed by atoms with Crippen molar-refractivity contribution in [2.45, 2.75) is 13.3 Å². The van der Waals surface area contributed by atoms with Crippen LogP contribution in [0.2, 0.25) is 0 Å². The Morgan fingerprint density at radius 3 is 2.57 bits per heavy atom. The van der Waals surface area contributed by atoms with Gasteiger partial charge in [-0.25, -0.2) is 0 Å². The minimum Gasteiger partial charge on any atom is -0.491 e. The number of rotatable bonds is 5. The standard InChI is InChI=1S/C16H17BrN2O2/c1-2-9-21-15-8-3-11(10-14(15)18)16(20)19-13-6-4-12(17)5-7-13/h3-8,10H,2,9,18H2,1H3,(H,19,20). The van der Waals surface area contributed by atoms with Crippen LogP contribution in [0, 0.1) is 0 Å². The highest BCUT2D eigenvalue weighted by Crippen LogP contribution is 2.23. The van der Waals surface area contributed by atoms with Crippen LogP contribution in [0.1, 0.15) is 23.7 Å². The molecule has 0 bridgehead atoms. The number of amides is 1. The van der Waals surface area contributed by atoms with E-state index in [4.69, 9.17) is 10.5 Å². The second kappa shape index (κ2) is 7.13. The first-order valence-corrected chi connectivity index (χ1v) is 7.48. The summed E-state index contributed by atoms with van der Waals surface area (Å²) in [4.78, 5) is 12.2. The lowest BCUT2D eigenvalue weighted by atomic mass is 10.1. The summed E-state index contributed by atoms with van der Waals surface area (Å²) >= 11 is 3.35. The molecule has 0 aliphatic heterocycles. The zero-order valence-electron chi connectivity index (χ0n) is 11.7. The number of nitrogens with two attached hydrogens (primary N) is 1. The van der Waals surface area contributed by atoms with Crippen molar-refractivity contribution in [3.8, 4) is 5.75 Å². The molecule has 1 amide bonds. The minimum absolute atomic E-state index is 0.203. The van der Waals surface area contributed by atoms with E-state index in [1.807, 2.05) is 31.2 Å². The summed E-state index contributed by atoms with van der Waals surface area (Å²) in [7, 11) is 0. The van der Waals surface area contributed by atoms with Gasteiger partial charge in [-0.05, 0) is 48.9 Å². The van der Waals surface area contributed by atoms with Crippen molar-refractivity contribution >= 4 is 33.2 Å². The quantitative estimate of drug-likeness (QED) is 0.800. The molecule has 3 N–H and O–H groups in total. The molecule has 2 rings (SSSR count). The SMILES string of the molecule is CCCOc1ccc(C(=O)Nc2ccc(Br)cc2)cc1N. The number of anilines is 2. The van der Waals surface area contributed by atoms with Gasteiger partial charge in [-0.1, -0.05) is 22.9 Å². The van der Waals surface area contributed by atoms with E-state index in [0.29, 0.717) is 23.6 Å². The van der Waals surface area contributed by atoms with Gasteiger partial charge >= 0.3 is 0 Å². The third-order valence-corrected chi connectivity index (χ3v) is 3.36.